The molecule has 0 aliphatic carbocycles. The van der Waals surface area contributed by atoms with Gasteiger partial charge in [0.25, 0.3) is 0 Å². The molecule has 4 nitrogen and oxygen atoms in total. The summed E-state index contributed by atoms with van der Waals surface area (Å²) in [4.78, 5) is 11.2. The first-order valence-electron chi connectivity index (χ1n) is 7.35. The summed E-state index contributed by atoms with van der Waals surface area (Å²) in [5, 5.41) is 9.16. The lowest BCUT2D eigenvalue weighted by Gasteiger charge is -2.13. The van der Waals surface area contributed by atoms with E-state index in [1.54, 1.807) is 0 Å². The Morgan fingerprint density at radius 1 is 1.05 bits per heavy atom. The Balaban J connectivity index is 1.97. The molecule has 2 aromatic carbocycles. The van der Waals surface area contributed by atoms with Gasteiger partial charge in [-0.3, -0.25) is 0 Å². The first kappa shape index (κ1) is 16.0. The van der Waals surface area contributed by atoms with E-state index in [1.807, 2.05) is 61.5 Å². The topological polar surface area (TPSA) is 55.8 Å². The number of aliphatic carboxylic acids is 1. The summed E-state index contributed by atoms with van der Waals surface area (Å²) in [6.07, 6.45) is 0.343. The molecule has 0 spiro atoms. The summed E-state index contributed by atoms with van der Waals surface area (Å²) in [5.41, 5.74) is 0.906. The van der Waals surface area contributed by atoms with Gasteiger partial charge in [0, 0.05) is 13.0 Å². The van der Waals surface area contributed by atoms with Crippen LogP contribution in [0.15, 0.2) is 54.6 Å². The Labute approximate surface area is 130 Å². The first-order chi connectivity index (χ1) is 10.7. The van der Waals surface area contributed by atoms with Gasteiger partial charge in [0.15, 0.2) is 6.10 Å². The van der Waals surface area contributed by atoms with E-state index < -0.39 is 12.1 Å². The fourth-order valence-electron chi connectivity index (χ4n) is 2.01. The third-order valence-corrected chi connectivity index (χ3v) is 3.12. The molecule has 116 valence electrons. The van der Waals surface area contributed by atoms with Gasteiger partial charge < -0.3 is 14.6 Å². The summed E-state index contributed by atoms with van der Waals surface area (Å²) in [6, 6.07) is 16.9. The van der Waals surface area contributed by atoms with Crippen LogP contribution in [0.2, 0.25) is 0 Å². The minimum Gasteiger partial charge on any atom is -0.479 e. The maximum atomic E-state index is 11.2. The molecule has 0 bridgehead atoms. The summed E-state index contributed by atoms with van der Waals surface area (Å²) in [5.74, 6) is 0.555. The molecule has 2 rings (SSSR count). The van der Waals surface area contributed by atoms with E-state index in [9.17, 15) is 4.79 Å². The molecule has 0 aliphatic rings. The van der Waals surface area contributed by atoms with Crippen LogP contribution < -0.4 is 4.74 Å². The van der Waals surface area contributed by atoms with Crippen LogP contribution in [0.25, 0.3) is 0 Å². The highest BCUT2D eigenvalue weighted by Gasteiger charge is 2.18. The largest absolute Gasteiger partial charge is 0.479 e. The van der Waals surface area contributed by atoms with Crippen LogP contribution in [0, 0.1) is 0 Å². The van der Waals surface area contributed by atoms with E-state index in [4.69, 9.17) is 14.6 Å². The van der Waals surface area contributed by atoms with Gasteiger partial charge in [-0.1, -0.05) is 37.3 Å². The van der Waals surface area contributed by atoms with Crippen molar-refractivity contribution in [1.29, 1.82) is 0 Å². The summed E-state index contributed by atoms with van der Waals surface area (Å²) in [7, 11) is 0. The van der Waals surface area contributed by atoms with Gasteiger partial charge >= 0.3 is 5.97 Å². The molecule has 1 unspecified atom stereocenters. The van der Waals surface area contributed by atoms with E-state index in [0.29, 0.717) is 13.0 Å². The number of carboxylic acid groups (broad SMARTS) is 1. The van der Waals surface area contributed by atoms with E-state index >= 15 is 0 Å². The summed E-state index contributed by atoms with van der Waals surface area (Å²) in [6.45, 7) is 2.40. The number of hydrogen-bond donors (Lipinski definition) is 1. The third-order valence-electron chi connectivity index (χ3n) is 3.12. The second-order valence-electron chi connectivity index (χ2n) is 4.96. The molecule has 0 saturated carbocycles. The van der Waals surface area contributed by atoms with Crippen LogP contribution in [0.5, 0.6) is 11.5 Å². The molecule has 0 amide bonds. The minimum atomic E-state index is -0.932. The SMILES string of the molecule is CCCOC(Cc1ccc(Oc2ccccc2)cc1)C(=O)O. The highest BCUT2D eigenvalue weighted by atomic mass is 16.5. The van der Waals surface area contributed by atoms with Crippen molar-refractivity contribution in [2.75, 3.05) is 6.61 Å². The maximum Gasteiger partial charge on any atom is 0.333 e. The fourth-order valence-corrected chi connectivity index (χ4v) is 2.01. The zero-order valence-corrected chi connectivity index (χ0v) is 12.6. The van der Waals surface area contributed by atoms with Crippen molar-refractivity contribution in [2.45, 2.75) is 25.9 Å². The lowest BCUT2D eigenvalue weighted by molar-refractivity contribution is -0.150. The summed E-state index contributed by atoms with van der Waals surface area (Å²) >= 11 is 0. The average Bonchev–Trinajstić information content (AvgIpc) is 2.54. The molecule has 0 saturated heterocycles. The quantitative estimate of drug-likeness (QED) is 0.803. The highest BCUT2D eigenvalue weighted by molar-refractivity contribution is 5.72. The number of rotatable bonds is 8. The molecule has 2 aromatic rings. The number of para-hydroxylation sites is 1. The number of ether oxygens (including phenoxy) is 2. The monoisotopic (exact) mass is 300 g/mol. The fraction of sp³-hybridized carbons (Fsp3) is 0.278. The Morgan fingerprint density at radius 2 is 1.68 bits per heavy atom. The third kappa shape index (κ3) is 4.90. The molecule has 1 atom stereocenters. The maximum absolute atomic E-state index is 11.2. The smallest absolute Gasteiger partial charge is 0.333 e. The van der Waals surface area contributed by atoms with Crippen LogP contribution in [0.1, 0.15) is 18.9 Å². The summed E-state index contributed by atoms with van der Waals surface area (Å²) < 4.78 is 11.1. The molecule has 0 aromatic heterocycles. The lowest BCUT2D eigenvalue weighted by Crippen LogP contribution is -2.26. The lowest BCUT2D eigenvalue weighted by atomic mass is 10.1. The van der Waals surface area contributed by atoms with Gasteiger partial charge in [-0.2, -0.15) is 0 Å². The average molecular weight is 300 g/mol. The number of carbonyl (C=O) groups is 1. The van der Waals surface area contributed by atoms with Gasteiger partial charge in [-0.25, -0.2) is 4.79 Å². The normalized spacial score (nSPS) is 11.9. The number of benzene rings is 2. The Kier molecular flexibility index (Phi) is 5.98. The van der Waals surface area contributed by atoms with Crippen LogP contribution in [-0.2, 0) is 16.0 Å². The molecule has 22 heavy (non-hydrogen) atoms. The van der Waals surface area contributed by atoms with Crippen molar-refractivity contribution in [1.82, 2.24) is 0 Å². The predicted octanol–water partition coefficient (Wildman–Crippen LogP) is 3.90. The van der Waals surface area contributed by atoms with Gasteiger partial charge in [0.2, 0.25) is 0 Å². The van der Waals surface area contributed by atoms with E-state index in [2.05, 4.69) is 0 Å². The molecular formula is C18H20O4. The van der Waals surface area contributed by atoms with Gasteiger partial charge in [0.05, 0.1) is 0 Å². The molecule has 0 radical (unpaired) electrons. The van der Waals surface area contributed by atoms with Crippen molar-refractivity contribution in [2.24, 2.45) is 0 Å². The molecule has 0 aliphatic heterocycles. The van der Waals surface area contributed by atoms with Crippen LogP contribution in [0.3, 0.4) is 0 Å². The number of carboxylic acids is 1. The van der Waals surface area contributed by atoms with Crippen LogP contribution in [-0.4, -0.2) is 23.8 Å². The molecular weight excluding hydrogens is 280 g/mol. The predicted molar refractivity (Wildman–Crippen MR) is 84.3 cm³/mol. The minimum absolute atomic E-state index is 0.348. The molecule has 0 heterocycles. The van der Waals surface area contributed by atoms with Crippen molar-refractivity contribution < 1.29 is 19.4 Å². The number of hydrogen-bond acceptors (Lipinski definition) is 3. The standard InChI is InChI=1S/C18H20O4/c1-2-12-21-17(18(19)20)13-14-8-10-16(11-9-14)22-15-6-4-3-5-7-15/h3-11,17H,2,12-13H2,1H3,(H,19,20). The highest BCUT2D eigenvalue weighted by Crippen LogP contribution is 2.21. The van der Waals surface area contributed by atoms with Crippen molar-refractivity contribution in [3.8, 4) is 11.5 Å². The first-order valence-corrected chi connectivity index (χ1v) is 7.35. The van der Waals surface area contributed by atoms with Crippen molar-refractivity contribution >= 4 is 5.97 Å². The second kappa shape index (κ2) is 8.20. The van der Waals surface area contributed by atoms with Gasteiger partial charge in [0.1, 0.15) is 11.5 Å². The van der Waals surface area contributed by atoms with E-state index in [1.165, 1.54) is 0 Å². The van der Waals surface area contributed by atoms with Crippen molar-refractivity contribution in [3.63, 3.8) is 0 Å². The van der Waals surface area contributed by atoms with Gasteiger partial charge in [-0.05, 0) is 36.2 Å². The van der Waals surface area contributed by atoms with Crippen LogP contribution >= 0.6 is 0 Å². The van der Waals surface area contributed by atoms with E-state index in [-0.39, 0.29) is 0 Å². The molecule has 4 heteroatoms. The zero-order chi connectivity index (χ0) is 15.8. The zero-order valence-electron chi connectivity index (χ0n) is 12.6. The second-order valence-corrected chi connectivity index (χ2v) is 4.96. The van der Waals surface area contributed by atoms with Crippen LogP contribution in [0.4, 0.5) is 0 Å². The van der Waals surface area contributed by atoms with E-state index in [0.717, 1.165) is 23.5 Å². The molecule has 0 fully saturated rings. The molecule has 1 N–H and O–H groups in total. The Morgan fingerprint density at radius 3 is 2.27 bits per heavy atom. The Bertz CT molecular complexity index is 578. The van der Waals surface area contributed by atoms with Gasteiger partial charge in [-0.15, -0.1) is 0 Å². The van der Waals surface area contributed by atoms with Crippen molar-refractivity contribution in [3.05, 3.63) is 60.2 Å². The Hall–Kier alpha value is -2.33.